The van der Waals surface area contributed by atoms with Gasteiger partial charge in [-0.1, -0.05) is 31.2 Å². The molecule has 0 saturated heterocycles. The molecule has 0 bridgehead atoms. The zero-order valence-corrected chi connectivity index (χ0v) is 18.0. The Bertz CT molecular complexity index is 1070. The lowest BCUT2D eigenvalue weighted by molar-refractivity contribution is 0.0378. The number of allylic oxidation sites excluding steroid dienone is 1. The fourth-order valence-corrected chi connectivity index (χ4v) is 3.52. The molecule has 5 nitrogen and oxygen atoms in total. The molecule has 0 saturated carbocycles. The van der Waals surface area contributed by atoms with E-state index in [0.29, 0.717) is 16.1 Å². The lowest BCUT2D eigenvalue weighted by Gasteiger charge is -2.08. The van der Waals surface area contributed by atoms with E-state index in [9.17, 15) is 10.1 Å². The number of carbonyl (C=O) groups excluding carboxylic acids is 1. The number of nitrogens with zero attached hydrogens (tertiary/aromatic N) is 2. The molecule has 0 atom stereocenters. The molecule has 0 radical (unpaired) electrons. The average Bonchev–Trinajstić information content (AvgIpc) is 3.24. The third kappa shape index (κ3) is 5.34. The predicted octanol–water partition coefficient (Wildman–Crippen LogP) is 5.91. The van der Waals surface area contributed by atoms with Crippen LogP contribution in [0.25, 0.3) is 16.8 Å². The Kier molecular flexibility index (Phi) is 6.99. The molecule has 3 aromatic rings. The molecule has 152 valence electrons. The van der Waals surface area contributed by atoms with Gasteiger partial charge in [-0.25, -0.2) is 9.78 Å². The standard InChI is InChI=1S/C24H23N3O2S/c1-4-17-5-7-18(8-6-17)22-15-30-23(27-22)20(13-25)14-26-21-11-9-19(10-12-21)24(28)29-16(2)3/h5-12,14-16,26H,4H2,1-3H3. The predicted molar refractivity (Wildman–Crippen MR) is 121 cm³/mol. The molecular formula is C24H23N3O2S. The quantitative estimate of drug-likeness (QED) is 0.382. The van der Waals surface area contributed by atoms with E-state index < -0.39 is 0 Å². The van der Waals surface area contributed by atoms with E-state index in [1.165, 1.54) is 16.9 Å². The Morgan fingerprint density at radius 1 is 1.20 bits per heavy atom. The van der Waals surface area contributed by atoms with Gasteiger partial charge < -0.3 is 10.1 Å². The van der Waals surface area contributed by atoms with Gasteiger partial charge in [-0.05, 0) is 50.1 Å². The summed E-state index contributed by atoms with van der Waals surface area (Å²) in [5.74, 6) is -0.355. The number of carbonyl (C=O) groups is 1. The first-order valence-corrected chi connectivity index (χ1v) is 10.6. The van der Waals surface area contributed by atoms with Crippen LogP contribution in [0.5, 0.6) is 0 Å². The van der Waals surface area contributed by atoms with E-state index in [-0.39, 0.29) is 12.1 Å². The number of aromatic nitrogens is 1. The van der Waals surface area contributed by atoms with Gasteiger partial charge in [0.15, 0.2) is 0 Å². The van der Waals surface area contributed by atoms with Gasteiger partial charge in [0, 0.05) is 22.8 Å². The Balaban J connectivity index is 1.71. The number of benzene rings is 2. The topological polar surface area (TPSA) is 75.0 Å². The van der Waals surface area contributed by atoms with Crippen molar-refractivity contribution in [3.63, 3.8) is 0 Å². The maximum atomic E-state index is 11.9. The molecule has 2 aromatic carbocycles. The average molecular weight is 418 g/mol. The number of ether oxygens (including phenoxy) is 1. The summed E-state index contributed by atoms with van der Waals surface area (Å²) in [6, 6.07) is 17.4. The van der Waals surface area contributed by atoms with Gasteiger partial charge in [-0.2, -0.15) is 5.26 Å². The van der Waals surface area contributed by atoms with Crippen LogP contribution in [0.3, 0.4) is 0 Å². The van der Waals surface area contributed by atoms with E-state index in [2.05, 4.69) is 47.6 Å². The van der Waals surface area contributed by atoms with Crippen LogP contribution in [-0.4, -0.2) is 17.1 Å². The number of hydrogen-bond acceptors (Lipinski definition) is 6. The largest absolute Gasteiger partial charge is 0.459 e. The smallest absolute Gasteiger partial charge is 0.338 e. The molecule has 6 heteroatoms. The Morgan fingerprint density at radius 3 is 2.50 bits per heavy atom. The summed E-state index contributed by atoms with van der Waals surface area (Å²) in [6.07, 6.45) is 2.46. The van der Waals surface area contributed by atoms with E-state index in [1.807, 2.05) is 19.2 Å². The molecule has 0 amide bonds. The zero-order valence-electron chi connectivity index (χ0n) is 17.2. The number of anilines is 1. The van der Waals surface area contributed by atoms with Crippen molar-refractivity contribution < 1.29 is 9.53 Å². The van der Waals surface area contributed by atoms with Gasteiger partial charge in [0.05, 0.1) is 17.4 Å². The molecule has 0 aliphatic heterocycles. The number of thiazole rings is 1. The second kappa shape index (κ2) is 9.86. The minimum atomic E-state index is -0.355. The highest BCUT2D eigenvalue weighted by Crippen LogP contribution is 2.26. The Morgan fingerprint density at radius 2 is 1.90 bits per heavy atom. The molecule has 0 aliphatic rings. The monoisotopic (exact) mass is 417 g/mol. The first-order chi connectivity index (χ1) is 14.5. The molecule has 0 spiro atoms. The van der Waals surface area contributed by atoms with Crippen LogP contribution >= 0.6 is 11.3 Å². The molecule has 0 unspecified atom stereocenters. The lowest BCUT2D eigenvalue weighted by atomic mass is 10.1. The molecule has 1 aromatic heterocycles. The summed E-state index contributed by atoms with van der Waals surface area (Å²) >= 11 is 1.43. The van der Waals surface area contributed by atoms with Crippen LogP contribution in [0.2, 0.25) is 0 Å². The highest BCUT2D eigenvalue weighted by atomic mass is 32.1. The van der Waals surface area contributed by atoms with Crippen molar-refractivity contribution in [3.05, 3.63) is 76.2 Å². The van der Waals surface area contributed by atoms with Crippen LogP contribution in [0.15, 0.2) is 60.1 Å². The summed E-state index contributed by atoms with van der Waals surface area (Å²) in [4.78, 5) is 16.5. The second-order valence-electron chi connectivity index (χ2n) is 6.93. The highest BCUT2D eigenvalue weighted by Gasteiger charge is 2.10. The highest BCUT2D eigenvalue weighted by molar-refractivity contribution is 7.11. The van der Waals surface area contributed by atoms with Gasteiger partial charge in [-0.15, -0.1) is 11.3 Å². The Hall–Kier alpha value is -3.43. The van der Waals surface area contributed by atoms with Crippen LogP contribution in [0.4, 0.5) is 5.69 Å². The fraction of sp³-hybridized carbons (Fsp3) is 0.208. The van der Waals surface area contributed by atoms with Crippen LogP contribution in [-0.2, 0) is 11.2 Å². The van der Waals surface area contributed by atoms with Crippen molar-refractivity contribution in [1.29, 1.82) is 5.26 Å². The number of esters is 1. The maximum absolute atomic E-state index is 11.9. The summed E-state index contributed by atoms with van der Waals surface area (Å²) in [5, 5.41) is 15.3. The van der Waals surface area contributed by atoms with Gasteiger partial charge in [-0.3, -0.25) is 0 Å². The summed E-state index contributed by atoms with van der Waals surface area (Å²) in [7, 11) is 0. The van der Waals surface area contributed by atoms with Crippen molar-refractivity contribution in [1.82, 2.24) is 4.98 Å². The molecule has 1 N–H and O–H groups in total. The minimum absolute atomic E-state index is 0.163. The molecular weight excluding hydrogens is 394 g/mol. The molecule has 3 rings (SSSR count). The maximum Gasteiger partial charge on any atom is 0.338 e. The van der Waals surface area contributed by atoms with E-state index >= 15 is 0 Å². The third-order valence-electron chi connectivity index (χ3n) is 4.36. The number of nitrogens with one attached hydrogen (secondary N) is 1. The van der Waals surface area contributed by atoms with Crippen LogP contribution in [0.1, 0.15) is 41.7 Å². The van der Waals surface area contributed by atoms with E-state index in [4.69, 9.17) is 4.74 Å². The molecule has 1 heterocycles. The van der Waals surface area contributed by atoms with Gasteiger partial charge >= 0.3 is 5.97 Å². The van der Waals surface area contributed by atoms with Gasteiger partial charge in [0.1, 0.15) is 16.6 Å². The molecule has 30 heavy (non-hydrogen) atoms. The third-order valence-corrected chi connectivity index (χ3v) is 5.24. The van der Waals surface area contributed by atoms with Crippen molar-refractivity contribution in [2.75, 3.05) is 5.32 Å². The van der Waals surface area contributed by atoms with Crippen molar-refractivity contribution in [2.24, 2.45) is 0 Å². The lowest BCUT2D eigenvalue weighted by Crippen LogP contribution is -2.11. The number of nitriles is 1. The summed E-state index contributed by atoms with van der Waals surface area (Å²) < 4.78 is 5.18. The first kappa shape index (κ1) is 21.3. The van der Waals surface area contributed by atoms with Crippen molar-refractivity contribution in [2.45, 2.75) is 33.3 Å². The Labute approximate surface area is 180 Å². The van der Waals surface area contributed by atoms with Crippen molar-refractivity contribution in [3.8, 4) is 17.3 Å². The second-order valence-corrected chi connectivity index (χ2v) is 7.79. The fourth-order valence-electron chi connectivity index (χ4n) is 2.72. The molecule has 0 aliphatic carbocycles. The normalized spacial score (nSPS) is 11.2. The van der Waals surface area contributed by atoms with Gasteiger partial charge in [0.2, 0.25) is 0 Å². The summed E-state index contributed by atoms with van der Waals surface area (Å²) in [6.45, 7) is 5.75. The first-order valence-electron chi connectivity index (χ1n) is 9.73. The summed E-state index contributed by atoms with van der Waals surface area (Å²) in [5.41, 5.74) is 4.85. The van der Waals surface area contributed by atoms with Crippen LogP contribution < -0.4 is 5.32 Å². The molecule has 0 fully saturated rings. The van der Waals surface area contributed by atoms with E-state index in [1.54, 1.807) is 30.5 Å². The van der Waals surface area contributed by atoms with Gasteiger partial charge in [0.25, 0.3) is 0 Å². The number of aryl methyl sites for hydroxylation is 1. The van der Waals surface area contributed by atoms with E-state index in [0.717, 1.165) is 23.4 Å². The zero-order chi connectivity index (χ0) is 21.5. The SMILES string of the molecule is CCc1ccc(-c2csc(C(C#N)=CNc3ccc(C(=O)OC(C)C)cc3)n2)cc1. The van der Waals surface area contributed by atoms with Crippen LogP contribution in [0, 0.1) is 11.3 Å². The number of rotatable bonds is 7. The minimum Gasteiger partial charge on any atom is -0.459 e. The van der Waals surface area contributed by atoms with Crippen molar-refractivity contribution >= 4 is 28.6 Å². The number of hydrogen-bond donors (Lipinski definition) is 1.